The molecule has 0 amide bonds. The van der Waals surface area contributed by atoms with Crippen molar-refractivity contribution in [2.24, 2.45) is 19.8 Å². The number of nitrogens with two attached hydrogens (primary N) is 1. The number of aryl methyl sites for hydroxylation is 2. The van der Waals surface area contributed by atoms with Gasteiger partial charge in [-0.25, -0.2) is 4.79 Å². The molecule has 0 saturated heterocycles. The quantitative estimate of drug-likeness (QED) is 0.781. The second-order valence-corrected chi connectivity index (χ2v) is 5.65. The average molecular weight is 336 g/mol. The lowest BCUT2D eigenvalue weighted by molar-refractivity contribution is 0.562. The van der Waals surface area contributed by atoms with Gasteiger partial charge in [-0.3, -0.25) is 9.13 Å². The summed E-state index contributed by atoms with van der Waals surface area (Å²) in [6.45, 7) is 0. The first-order chi connectivity index (χ1) is 9.50. The maximum absolute atomic E-state index is 12.0. The molecule has 1 aromatic carbocycles. The number of imidazole rings is 1. The summed E-state index contributed by atoms with van der Waals surface area (Å²) in [5, 5.41) is 0. The van der Waals surface area contributed by atoms with E-state index in [9.17, 15) is 4.79 Å². The zero-order valence-corrected chi connectivity index (χ0v) is 12.7. The predicted octanol–water partition coefficient (Wildman–Crippen LogP) is 2.28. The van der Waals surface area contributed by atoms with E-state index in [1.54, 1.807) is 35.8 Å². The van der Waals surface area contributed by atoms with Crippen molar-refractivity contribution in [2.75, 3.05) is 0 Å². The molecule has 6 heteroatoms. The molecule has 0 saturated carbocycles. The maximum atomic E-state index is 12.0. The van der Waals surface area contributed by atoms with Gasteiger partial charge in [0.25, 0.3) is 0 Å². The summed E-state index contributed by atoms with van der Waals surface area (Å²) in [5.41, 5.74) is 9.74. The Hall–Kier alpha value is -1.79. The van der Waals surface area contributed by atoms with Gasteiger partial charge in [-0.2, -0.15) is 0 Å². The molecule has 3 rings (SSSR count). The zero-order chi connectivity index (χ0) is 14.4. The Bertz CT molecular complexity index is 830. The fraction of sp³-hybridized carbons (Fsp3) is 0.214. The Morgan fingerprint density at radius 3 is 2.50 bits per heavy atom. The molecule has 2 heterocycles. The summed E-state index contributed by atoms with van der Waals surface area (Å²) in [6, 6.07) is 5.40. The van der Waals surface area contributed by atoms with Crippen LogP contribution >= 0.6 is 15.9 Å². The van der Waals surface area contributed by atoms with Crippen LogP contribution in [0.2, 0.25) is 0 Å². The molecule has 1 unspecified atom stereocenters. The van der Waals surface area contributed by atoms with Crippen molar-refractivity contribution in [1.82, 2.24) is 9.13 Å². The van der Waals surface area contributed by atoms with Crippen LogP contribution in [0.5, 0.6) is 0 Å². The lowest BCUT2D eigenvalue weighted by atomic mass is 10.0. The van der Waals surface area contributed by atoms with E-state index < -0.39 is 0 Å². The molecule has 20 heavy (non-hydrogen) atoms. The number of nitrogens with zero attached hydrogens (tertiary/aromatic N) is 2. The van der Waals surface area contributed by atoms with E-state index in [4.69, 9.17) is 10.2 Å². The summed E-state index contributed by atoms with van der Waals surface area (Å²) in [4.78, 5) is 12.0. The number of fused-ring (bicyclic) bond motifs is 1. The highest BCUT2D eigenvalue weighted by Crippen LogP contribution is 2.30. The third kappa shape index (κ3) is 1.83. The van der Waals surface area contributed by atoms with Crippen LogP contribution in [0.3, 0.4) is 0 Å². The van der Waals surface area contributed by atoms with Gasteiger partial charge in [0, 0.05) is 24.1 Å². The van der Waals surface area contributed by atoms with E-state index >= 15 is 0 Å². The Balaban J connectivity index is 2.25. The molecular formula is C14H14BrN3O2. The molecule has 0 fully saturated rings. The number of aromatic nitrogens is 2. The lowest BCUT2D eigenvalue weighted by Crippen LogP contribution is -2.19. The van der Waals surface area contributed by atoms with Gasteiger partial charge in [0.15, 0.2) is 0 Å². The van der Waals surface area contributed by atoms with Gasteiger partial charge in [0.1, 0.15) is 0 Å². The van der Waals surface area contributed by atoms with E-state index in [0.29, 0.717) is 0 Å². The Morgan fingerprint density at radius 2 is 1.90 bits per heavy atom. The van der Waals surface area contributed by atoms with Crippen molar-refractivity contribution in [3.05, 3.63) is 56.8 Å². The van der Waals surface area contributed by atoms with E-state index in [2.05, 4.69) is 15.9 Å². The smallest absolute Gasteiger partial charge is 0.328 e. The normalized spacial score (nSPS) is 13.0. The van der Waals surface area contributed by atoms with Crippen LogP contribution in [-0.2, 0) is 14.1 Å². The van der Waals surface area contributed by atoms with Crippen LogP contribution < -0.4 is 11.4 Å². The molecule has 2 aromatic heterocycles. The van der Waals surface area contributed by atoms with Crippen LogP contribution in [0.25, 0.3) is 11.0 Å². The van der Waals surface area contributed by atoms with E-state index in [0.717, 1.165) is 26.6 Å². The fourth-order valence-corrected chi connectivity index (χ4v) is 2.98. The maximum Gasteiger partial charge on any atom is 0.328 e. The minimum Gasteiger partial charge on any atom is -0.472 e. The first-order valence-electron chi connectivity index (χ1n) is 6.13. The summed E-state index contributed by atoms with van der Waals surface area (Å²) in [6.07, 6.45) is 3.23. The van der Waals surface area contributed by atoms with Crippen LogP contribution in [0.1, 0.15) is 17.2 Å². The Labute approximate surface area is 123 Å². The third-order valence-corrected chi connectivity index (χ3v) is 4.31. The Kier molecular flexibility index (Phi) is 3.07. The second-order valence-electron chi connectivity index (χ2n) is 4.80. The molecule has 104 valence electrons. The number of halogens is 1. The summed E-state index contributed by atoms with van der Waals surface area (Å²) < 4.78 is 9.19. The van der Waals surface area contributed by atoms with Crippen LogP contribution in [0, 0.1) is 0 Å². The Morgan fingerprint density at radius 1 is 1.25 bits per heavy atom. The molecule has 2 N–H and O–H groups in total. The molecular weight excluding hydrogens is 322 g/mol. The standard InChI is InChI=1S/C14H14BrN3O2/c1-17-11-5-9(13(16)8-3-4-20-7-8)10(15)6-12(11)18(2)14(17)19/h3-7,13H,16H2,1-2H3. The summed E-state index contributed by atoms with van der Waals surface area (Å²) >= 11 is 3.54. The highest BCUT2D eigenvalue weighted by Gasteiger charge is 2.17. The first kappa shape index (κ1) is 13.2. The number of hydrogen-bond acceptors (Lipinski definition) is 3. The number of benzene rings is 1. The minimum atomic E-state index is -0.303. The second kappa shape index (κ2) is 4.64. The van der Waals surface area contributed by atoms with Gasteiger partial charge < -0.3 is 10.2 Å². The van der Waals surface area contributed by atoms with Crippen molar-refractivity contribution in [2.45, 2.75) is 6.04 Å². The lowest BCUT2D eigenvalue weighted by Gasteiger charge is -2.13. The fourth-order valence-electron chi connectivity index (χ4n) is 2.41. The van der Waals surface area contributed by atoms with Gasteiger partial charge in [-0.15, -0.1) is 0 Å². The topological polar surface area (TPSA) is 66.1 Å². The molecule has 0 bridgehead atoms. The SMILES string of the molecule is Cn1c(=O)n(C)c2cc(C(N)c3ccoc3)c(Br)cc21. The highest BCUT2D eigenvalue weighted by molar-refractivity contribution is 9.10. The summed E-state index contributed by atoms with van der Waals surface area (Å²) in [5.74, 6) is 0. The third-order valence-electron chi connectivity index (χ3n) is 3.63. The number of furan rings is 1. The number of hydrogen-bond donors (Lipinski definition) is 1. The van der Waals surface area contributed by atoms with Crippen molar-refractivity contribution in [3.63, 3.8) is 0 Å². The molecule has 0 aliphatic carbocycles. The molecule has 5 nitrogen and oxygen atoms in total. The molecule has 0 aliphatic rings. The summed E-state index contributed by atoms with van der Waals surface area (Å²) in [7, 11) is 3.51. The van der Waals surface area contributed by atoms with Gasteiger partial charge in [-0.1, -0.05) is 15.9 Å². The van der Waals surface area contributed by atoms with Gasteiger partial charge in [-0.05, 0) is 23.8 Å². The molecule has 0 aliphatic heterocycles. The largest absolute Gasteiger partial charge is 0.472 e. The molecule has 1 atom stereocenters. The zero-order valence-electron chi connectivity index (χ0n) is 11.1. The monoisotopic (exact) mass is 335 g/mol. The van der Waals surface area contributed by atoms with Crippen molar-refractivity contribution in [3.8, 4) is 0 Å². The van der Waals surface area contributed by atoms with E-state index in [1.165, 1.54) is 0 Å². The first-order valence-corrected chi connectivity index (χ1v) is 6.92. The molecule has 0 spiro atoms. The predicted molar refractivity (Wildman–Crippen MR) is 80.6 cm³/mol. The van der Waals surface area contributed by atoms with Crippen LogP contribution in [0.4, 0.5) is 0 Å². The van der Waals surface area contributed by atoms with Crippen molar-refractivity contribution >= 4 is 27.0 Å². The van der Waals surface area contributed by atoms with E-state index in [1.807, 2.05) is 18.2 Å². The van der Waals surface area contributed by atoms with Crippen molar-refractivity contribution < 1.29 is 4.42 Å². The minimum absolute atomic E-state index is 0.0547. The van der Waals surface area contributed by atoms with Crippen LogP contribution in [-0.4, -0.2) is 9.13 Å². The van der Waals surface area contributed by atoms with E-state index in [-0.39, 0.29) is 11.7 Å². The van der Waals surface area contributed by atoms with Crippen molar-refractivity contribution in [1.29, 1.82) is 0 Å². The van der Waals surface area contributed by atoms with Gasteiger partial charge >= 0.3 is 5.69 Å². The average Bonchev–Trinajstić information content (AvgIpc) is 3.03. The molecule has 0 radical (unpaired) electrons. The van der Waals surface area contributed by atoms with Gasteiger partial charge in [0.05, 0.1) is 29.6 Å². The van der Waals surface area contributed by atoms with Crippen LogP contribution in [0.15, 0.2) is 44.4 Å². The molecule has 3 aromatic rings. The number of rotatable bonds is 2. The van der Waals surface area contributed by atoms with Gasteiger partial charge in [0.2, 0.25) is 0 Å². The highest BCUT2D eigenvalue weighted by atomic mass is 79.9.